The molecule has 0 bridgehead atoms. The van der Waals surface area contributed by atoms with Crippen LogP contribution < -0.4 is 0 Å². The highest BCUT2D eigenvalue weighted by atomic mass is 16.3. The van der Waals surface area contributed by atoms with Gasteiger partial charge in [-0.25, -0.2) is 0 Å². The maximum Gasteiger partial charge on any atom is 0.100 e. The van der Waals surface area contributed by atoms with Crippen molar-refractivity contribution in [3.05, 3.63) is 0 Å². The second-order valence-corrected chi connectivity index (χ2v) is 4.92. The van der Waals surface area contributed by atoms with E-state index < -0.39 is 23.9 Å². The van der Waals surface area contributed by atoms with Crippen molar-refractivity contribution in [2.24, 2.45) is 0 Å². The van der Waals surface area contributed by atoms with Crippen molar-refractivity contribution in [1.29, 1.82) is 0 Å². The molecule has 0 saturated heterocycles. The molecule has 120 valence electrons. The molecule has 0 radical (unpaired) electrons. The fourth-order valence-corrected chi connectivity index (χ4v) is 0.781. The summed E-state index contributed by atoms with van der Waals surface area (Å²) in [6.07, 6.45) is -1.48. The summed E-state index contributed by atoms with van der Waals surface area (Å²) in [5, 5.41) is 57.8. The number of rotatable bonds is 5. The lowest BCUT2D eigenvalue weighted by molar-refractivity contribution is 0.0249. The summed E-state index contributed by atoms with van der Waals surface area (Å²) in [6, 6.07) is 0. The first-order valence-electron chi connectivity index (χ1n) is 6.09. The molecule has 0 aliphatic rings. The van der Waals surface area contributed by atoms with Crippen LogP contribution in [0, 0.1) is 0 Å². The molecular formula is C12H30O7. The molecule has 0 amide bonds. The molecule has 0 aliphatic heterocycles. The fraction of sp³-hybridized carbons (Fsp3) is 1.00. The van der Waals surface area contributed by atoms with Crippen LogP contribution in [0.2, 0.25) is 0 Å². The second kappa shape index (κ2) is 14.1. The van der Waals surface area contributed by atoms with Gasteiger partial charge in [-0.2, -0.15) is 0 Å². The van der Waals surface area contributed by atoms with Crippen molar-refractivity contribution < 1.29 is 35.7 Å². The average Bonchev–Trinajstić information content (AvgIpc) is 2.26. The Morgan fingerprint density at radius 2 is 1.11 bits per heavy atom. The zero-order valence-corrected chi connectivity index (χ0v) is 12.2. The lowest BCUT2D eigenvalue weighted by Gasteiger charge is -2.17. The van der Waals surface area contributed by atoms with Crippen LogP contribution in [0.5, 0.6) is 0 Å². The van der Waals surface area contributed by atoms with Crippen LogP contribution in [0.15, 0.2) is 0 Å². The Kier molecular flexibility index (Phi) is 17.7. The molecule has 0 aromatic rings. The Morgan fingerprint density at radius 1 is 0.789 bits per heavy atom. The first-order chi connectivity index (χ1) is 8.49. The van der Waals surface area contributed by atoms with E-state index in [1.54, 1.807) is 20.8 Å². The molecule has 2 atom stereocenters. The third kappa shape index (κ3) is 38.1. The van der Waals surface area contributed by atoms with Gasteiger partial charge in [0.15, 0.2) is 0 Å². The molecule has 0 fully saturated rings. The molecule has 0 aromatic carbocycles. The summed E-state index contributed by atoms with van der Waals surface area (Å²) in [5.74, 6) is 0. The van der Waals surface area contributed by atoms with Crippen molar-refractivity contribution in [2.45, 2.75) is 58.0 Å². The summed E-state index contributed by atoms with van der Waals surface area (Å²) in [5.41, 5.74) is -0.728. The van der Waals surface area contributed by atoms with Crippen molar-refractivity contribution in [3.63, 3.8) is 0 Å². The smallest absolute Gasteiger partial charge is 0.100 e. The van der Waals surface area contributed by atoms with Crippen LogP contribution in [0.4, 0.5) is 0 Å². The molecule has 0 rings (SSSR count). The van der Waals surface area contributed by atoms with E-state index >= 15 is 0 Å². The van der Waals surface area contributed by atoms with Crippen LogP contribution in [-0.4, -0.2) is 79.5 Å². The van der Waals surface area contributed by atoms with Gasteiger partial charge in [-0.1, -0.05) is 0 Å². The van der Waals surface area contributed by atoms with E-state index in [2.05, 4.69) is 0 Å². The summed E-state index contributed by atoms with van der Waals surface area (Å²) < 4.78 is 0. The molecule has 0 saturated carbocycles. The predicted molar refractivity (Wildman–Crippen MR) is 71.5 cm³/mol. The molecule has 19 heavy (non-hydrogen) atoms. The van der Waals surface area contributed by atoms with Gasteiger partial charge in [0.1, 0.15) is 6.10 Å². The lowest BCUT2D eigenvalue weighted by Crippen LogP contribution is -2.24. The van der Waals surface area contributed by atoms with Gasteiger partial charge in [0.05, 0.1) is 37.6 Å². The highest BCUT2D eigenvalue weighted by molar-refractivity contribution is 4.67. The van der Waals surface area contributed by atoms with E-state index in [0.29, 0.717) is 6.42 Å². The molecule has 0 heterocycles. The number of hydrogen-bond donors (Lipinski definition) is 7. The Hall–Kier alpha value is -0.280. The van der Waals surface area contributed by atoms with Gasteiger partial charge in [-0.15, -0.1) is 0 Å². The summed E-state index contributed by atoms with van der Waals surface area (Å²) in [7, 11) is 0. The lowest BCUT2D eigenvalue weighted by atomic mass is 10.0. The van der Waals surface area contributed by atoms with Crippen molar-refractivity contribution in [1.82, 2.24) is 0 Å². The van der Waals surface area contributed by atoms with E-state index in [4.69, 9.17) is 35.7 Å². The third-order valence-corrected chi connectivity index (χ3v) is 1.48. The van der Waals surface area contributed by atoms with Gasteiger partial charge in [0, 0.05) is 6.42 Å². The maximum absolute atomic E-state index is 9.03. The second-order valence-electron chi connectivity index (χ2n) is 4.92. The van der Waals surface area contributed by atoms with Crippen molar-refractivity contribution in [2.75, 3.05) is 19.8 Å². The van der Waals surface area contributed by atoms with E-state index in [9.17, 15) is 0 Å². The highest BCUT2D eigenvalue weighted by Crippen LogP contribution is 2.09. The predicted octanol–water partition coefficient (Wildman–Crippen LogP) is -1.78. The van der Waals surface area contributed by atoms with Crippen LogP contribution in [0.1, 0.15) is 34.1 Å². The highest BCUT2D eigenvalue weighted by Gasteiger charge is 2.14. The minimum Gasteiger partial charge on any atom is -0.394 e. The van der Waals surface area contributed by atoms with Crippen molar-refractivity contribution >= 4 is 0 Å². The van der Waals surface area contributed by atoms with Gasteiger partial charge >= 0.3 is 0 Å². The average molecular weight is 286 g/mol. The first-order valence-corrected chi connectivity index (χ1v) is 6.09. The van der Waals surface area contributed by atoms with Crippen LogP contribution in [-0.2, 0) is 0 Å². The fourth-order valence-electron chi connectivity index (χ4n) is 0.781. The quantitative estimate of drug-likeness (QED) is 0.317. The largest absolute Gasteiger partial charge is 0.394 e. The summed E-state index contributed by atoms with van der Waals surface area (Å²) in [4.78, 5) is 0. The third-order valence-electron chi connectivity index (χ3n) is 1.48. The minimum absolute atomic E-state index is 0.139. The molecule has 0 aliphatic carbocycles. The Labute approximate surface area is 114 Å². The van der Waals surface area contributed by atoms with E-state index in [1.807, 2.05) is 0 Å². The van der Waals surface area contributed by atoms with Gasteiger partial charge < -0.3 is 35.7 Å². The van der Waals surface area contributed by atoms with E-state index in [-0.39, 0.29) is 19.8 Å². The van der Waals surface area contributed by atoms with Gasteiger partial charge in [0.2, 0.25) is 0 Å². The summed E-state index contributed by atoms with van der Waals surface area (Å²) >= 11 is 0. The van der Waals surface area contributed by atoms with E-state index in [1.165, 1.54) is 6.92 Å². The number of hydrogen-bond acceptors (Lipinski definition) is 7. The maximum atomic E-state index is 9.03. The van der Waals surface area contributed by atoms with Crippen LogP contribution in [0.3, 0.4) is 0 Å². The Bertz CT molecular complexity index is 162. The standard InChI is InChI=1S/C6H14O2.C3H8O3.C3H8O2/c1-5(7)4-6(2,3)8;4-1-3(6)2-5;1-3(5)2-4/h5,7-8H,4H2,1-3H3;3-6H,1-2H2;3-5H,2H2,1H3. The van der Waals surface area contributed by atoms with Gasteiger partial charge in [-0.3, -0.25) is 0 Å². The zero-order valence-electron chi connectivity index (χ0n) is 12.2. The normalized spacial score (nSPS) is 13.9. The summed E-state index contributed by atoms with van der Waals surface area (Å²) in [6.45, 7) is 5.68. The molecule has 7 heteroatoms. The van der Waals surface area contributed by atoms with Crippen molar-refractivity contribution in [3.8, 4) is 0 Å². The molecule has 0 spiro atoms. The molecule has 0 aromatic heterocycles. The molecular weight excluding hydrogens is 256 g/mol. The Morgan fingerprint density at radius 3 is 1.11 bits per heavy atom. The van der Waals surface area contributed by atoms with Gasteiger partial charge in [0.25, 0.3) is 0 Å². The number of aliphatic hydroxyl groups is 7. The zero-order chi connectivity index (χ0) is 16.1. The van der Waals surface area contributed by atoms with Gasteiger partial charge in [-0.05, 0) is 27.7 Å². The molecule has 7 N–H and O–H groups in total. The SMILES string of the molecule is CC(O)CC(C)(C)O.CC(O)CO.OCC(O)CO. The Balaban J connectivity index is -0.000000209. The molecule has 7 nitrogen and oxygen atoms in total. The first kappa shape index (κ1) is 23.8. The topological polar surface area (TPSA) is 142 Å². The molecule has 2 unspecified atom stereocenters. The van der Waals surface area contributed by atoms with E-state index in [0.717, 1.165) is 0 Å². The minimum atomic E-state index is -0.954. The monoisotopic (exact) mass is 286 g/mol. The van der Waals surface area contributed by atoms with Crippen LogP contribution in [0.25, 0.3) is 0 Å². The number of aliphatic hydroxyl groups excluding tert-OH is 6. The van der Waals surface area contributed by atoms with Crippen LogP contribution >= 0.6 is 0 Å².